The van der Waals surface area contributed by atoms with E-state index in [0.717, 1.165) is 4.47 Å². The monoisotopic (exact) mass is 300 g/mol. The summed E-state index contributed by atoms with van der Waals surface area (Å²) in [5, 5.41) is 7.12. The standard InChI is InChI=1S/C12H17BrN2S/c1-8(2)14-12(16)15-9(3)10-4-6-11(13)7-5-10/h4-9H,1-3H3,(H2,14,15,16). The van der Waals surface area contributed by atoms with E-state index in [4.69, 9.17) is 12.2 Å². The van der Waals surface area contributed by atoms with Crippen LogP contribution in [0.3, 0.4) is 0 Å². The molecule has 2 N–H and O–H groups in total. The molecule has 0 aliphatic rings. The summed E-state index contributed by atoms with van der Waals surface area (Å²) >= 11 is 8.62. The first-order chi connectivity index (χ1) is 7.49. The topological polar surface area (TPSA) is 24.1 Å². The van der Waals surface area contributed by atoms with Crippen molar-refractivity contribution in [3.05, 3.63) is 34.3 Å². The molecule has 1 atom stereocenters. The molecule has 88 valence electrons. The van der Waals surface area contributed by atoms with Gasteiger partial charge in [0.25, 0.3) is 0 Å². The van der Waals surface area contributed by atoms with Crippen molar-refractivity contribution in [1.82, 2.24) is 10.6 Å². The Labute approximate surface area is 111 Å². The normalized spacial score (nSPS) is 12.3. The maximum atomic E-state index is 5.20. The van der Waals surface area contributed by atoms with Gasteiger partial charge in [0, 0.05) is 10.5 Å². The predicted octanol–water partition coefficient (Wildman–Crippen LogP) is 3.38. The lowest BCUT2D eigenvalue weighted by Gasteiger charge is -2.19. The number of nitrogens with one attached hydrogen (secondary N) is 2. The third-order valence-electron chi connectivity index (χ3n) is 2.14. The lowest BCUT2D eigenvalue weighted by atomic mass is 10.1. The SMILES string of the molecule is CC(C)NC(=S)NC(C)c1ccc(Br)cc1. The Kier molecular flexibility index (Phi) is 5.22. The van der Waals surface area contributed by atoms with Crippen molar-refractivity contribution in [2.24, 2.45) is 0 Å². The summed E-state index contributed by atoms with van der Waals surface area (Å²) < 4.78 is 1.09. The zero-order chi connectivity index (χ0) is 12.1. The van der Waals surface area contributed by atoms with E-state index in [-0.39, 0.29) is 6.04 Å². The van der Waals surface area contributed by atoms with Crippen molar-refractivity contribution in [3.8, 4) is 0 Å². The number of halogens is 1. The van der Waals surface area contributed by atoms with Gasteiger partial charge >= 0.3 is 0 Å². The molecule has 4 heteroatoms. The van der Waals surface area contributed by atoms with E-state index in [2.05, 4.69) is 59.5 Å². The second-order valence-corrected chi connectivity index (χ2v) is 5.37. The molecule has 16 heavy (non-hydrogen) atoms. The van der Waals surface area contributed by atoms with Crippen LogP contribution in [-0.4, -0.2) is 11.2 Å². The van der Waals surface area contributed by atoms with Gasteiger partial charge in [-0.2, -0.15) is 0 Å². The van der Waals surface area contributed by atoms with Crippen LogP contribution in [0.4, 0.5) is 0 Å². The van der Waals surface area contributed by atoms with Crippen LogP contribution >= 0.6 is 28.1 Å². The average molecular weight is 301 g/mol. The Balaban J connectivity index is 2.55. The van der Waals surface area contributed by atoms with Crippen LogP contribution < -0.4 is 10.6 Å². The first-order valence-corrected chi connectivity index (χ1v) is 6.51. The maximum absolute atomic E-state index is 5.20. The highest BCUT2D eigenvalue weighted by atomic mass is 79.9. The van der Waals surface area contributed by atoms with Gasteiger partial charge in [0.2, 0.25) is 0 Å². The zero-order valence-corrected chi connectivity index (χ0v) is 12.2. The van der Waals surface area contributed by atoms with Crippen LogP contribution in [0.25, 0.3) is 0 Å². The molecule has 0 spiro atoms. The largest absolute Gasteiger partial charge is 0.361 e. The van der Waals surface area contributed by atoms with E-state index in [9.17, 15) is 0 Å². The summed E-state index contributed by atoms with van der Waals surface area (Å²) in [7, 11) is 0. The van der Waals surface area contributed by atoms with Crippen molar-refractivity contribution < 1.29 is 0 Å². The van der Waals surface area contributed by atoms with Crippen molar-refractivity contribution in [2.45, 2.75) is 32.9 Å². The van der Waals surface area contributed by atoms with Gasteiger partial charge in [-0.25, -0.2) is 0 Å². The highest BCUT2D eigenvalue weighted by Gasteiger charge is 2.06. The number of benzene rings is 1. The third-order valence-corrected chi connectivity index (χ3v) is 2.90. The maximum Gasteiger partial charge on any atom is 0.166 e. The Morgan fingerprint density at radius 2 is 1.69 bits per heavy atom. The molecule has 1 aromatic rings. The van der Waals surface area contributed by atoms with Gasteiger partial charge in [-0.3, -0.25) is 0 Å². The molecule has 0 saturated carbocycles. The molecule has 0 aromatic heterocycles. The van der Waals surface area contributed by atoms with Crippen molar-refractivity contribution in [3.63, 3.8) is 0 Å². The van der Waals surface area contributed by atoms with Crippen LogP contribution in [0.5, 0.6) is 0 Å². The number of hydrogen-bond donors (Lipinski definition) is 2. The Morgan fingerprint density at radius 1 is 1.12 bits per heavy atom. The molecule has 0 bridgehead atoms. The minimum atomic E-state index is 0.215. The first kappa shape index (κ1) is 13.5. The molecular formula is C12H17BrN2S. The second kappa shape index (κ2) is 6.21. The lowest BCUT2D eigenvalue weighted by molar-refractivity contribution is 0.664. The summed E-state index contributed by atoms with van der Waals surface area (Å²) in [6.07, 6.45) is 0. The van der Waals surface area contributed by atoms with Crippen molar-refractivity contribution in [1.29, 1.82) is 0 Å². The zero-order valence-electron chi connectivity index (χ0n) is 9.75. The number of hydrogen-bond acceptors (Lipinski definition) is 1. The fourth-order valence-electron chi connectivity index (χ4n) is 1.34. The smallest absolute Gasteiger partial charge is 0.166 e. The molecule has 1 aromatic carbocycles. The van der Waals surface area contributed by atoms with Gasteiger partial charge in [0.15, 0.2) is 5.11 Å². The molecule has 0 fully saturated rings. The van der Waals surface area contributed by atoms with E-state index < -0.39 is 0 Å². The van der Waals surface area contributed by atoms with Gasteiger partial charge in [-0.05, 0) is 50.7 Å². The van der Waals surface area contributed by atoms with Gasteiger partial charge < -0.3 is 10.6 Å². The molecule has 0 amide bonds. The molecule has 0 aliphatic carbocycles. The second-order valence-electron chi connectivity index (χ2n) is 4.05. The number of thiocarbonyl (C=S) groups is 1. The van der Waals surface area contributed by atoms with Crippen LogP contribution in [-0.2, 0) is 0 Å². The highest BCUT2D eigenvalue weighted by Crippen LogP contribution is 2.16. The molecule has 0 aliphatic heterocycles. The molecule has 0 radical (unpaired) electrons. The molecule has 1 unspecified atom stereocenters. The minimum Gasteiger partial charge on any atom is -0.361 e. The van der Waals surface area contributed by atoms with Gasteiger partial charge in [0.05, 0.1) is 6.04 Å². The summed E-state index contributed by atoms with van der Waals surface area (Å²) in [5.41, 5.74) is 1.22. The fourth-order valence-corrected chi connectivity index (χ4v) is 2.01. The van der Waals surface area contributed by atoms with Crippen LogP contribution in [0.1, 0.15) is 32.4 Å². The fraction of sp³-hybridized carbons (Fsp3) is 0.417. The summed E-state index contributed by atoms with van der Waals surface area (Å²) in [6, 6.07) is 8.81. The molecule has 2 nitrogen and oxygen atoms in total. The Bertz CT molecular complexity index is 349. The molecule has 0 saturated heterocycles. The Hall–Kier alpha value is -0.610. The Morgan fingerprint density at radius 3 is 2.19 bits per heavy atom. The third kappa shape index (κ3) is 4.49. The van der Waals surface area contributed by atoms with Crippen LogP contribution in [0, 0.1) is 0 Å². The number of rotatable bonds is 3. The van der Waals surface area contributed by atoms with Crippen molar-refractivity contribution >= 4 is 33.3 Å². The predicted molar refractivity (Wildman–Crippen MR) is 76.6 cm³/mol. The van der Waals surface area contributed by atoms with Crippen molar-refractivity contribution in [2.75, 3.05) is 0 Å². The van der Waals surface area contributed by atoms with E-state index in [1.165, 1.54) is 5.56 Å². The minimum absolute atomic E-state index is 0.215. The quantitative estimate of drug-likeness (QED) is 0.837. The first-order valence-electron chi connectivity index (χ1n) is 5.31. The summed E-state index contributed by atoms with van der Waals surface area (Å²) in [4.78, 5) is 0. The van der Waals surface area contributed by atoms with E-state index in [1.807, 2.05) is 12.1 Å². The summed E-state index contributed by atoms with van der Waals surface area (Å²) in [5.74, 6) is 0. The highest BCUT2D eigenvalue weighted by molar-refractivity contribution is 9.10. The van der Waals surface area contributed by atoms with E-state index in [1.54, 1.807) is 0 Å². The average Bonchev–Trinajstić information content (AvgIpc) is 2.16. The molecule has 0 heterocycles. The van der Waals surface area contributed by atoms with Gasteiger partial charge in [0.1, 0.15) is 0 Å². The summed E-state index contributed by atoms with van der Waals surface area (Å²) in [6.45, 7) is 6.23. The molecule has 1 rings (SSSR count). The van der Waals surface area contributed by atoms with Gasteiger partial charge in [-0.1, -0.05) is 28.1 Å². The molecular weight excluding hydrogens is 284 g/mol. The van der Waals surface area contributed by atoms with E-state index >= 15 is 0 Å². The lowest BCUT2D eigenvalue weighted by Crippen LogP contribution is -2.40. The van der Waals surface area contributed by atoms with Crippen LogP contribution in [0.2, 0.25) is 0 Å². The van der Waals surface area contributed by atoms with Crippen LogP contribution in [0.15, 0.2) is 28.7 Å². The van der Waals surface area contributed by atoms with E-state index in [0.29, 0.717) is 11.2 Å². The van der Waals surface area contributed by atoms with Gasteiger partial charge in [-0.15, -0.1) is 0 Å².